The van der Waals surface area contributed by atoms with Crippen LogP contribution in [0, 0.1) is 5.92 Å². The van der Waals surface area contributed by atoms with Crippen molar-refractivity contribution in [2.45, 2.75) is 42.9 Å². The van der Waals surface area contributed by atoms with Gasteiger partial charge in [0.15, 0.2) is 5.78 Å². The van der Waals surface area contributed by atoms with E-state index in [4.69, 9.17) is 9.47 Å². The Bertz CT molecular complexity index is 1070. The normalized spacial score (nSPS) is 30.6. The number of ketones is 1. The van der Waals surface area contributed by atoms with E-state index >= 15 is 0 Å². The number of ether oxygens (including phenoxy) is 2. The van der Waals surface area contributed by atoms with Crippen molar-refractivity contribution >= 4 is 23.4 Å². The fourth-order valence-corrected chi connectivity index (χ4v) is 6.14. The number of likely N-dealkylation sites (tertiary alicyclic amines) is 1. The SMILES string of the molecule is COC(=O)[C@@H]1C(=O)C[C@H]2N(Cc3ccccc3)[C@@H](C(=O)OC)C[C@]23c2ccccc2N[C@H]13. The molecule has 2 aromatic carbocycles. The van der Waals surface area contributed by atoms with Gasteiger partial charge in [-0.15, -0.1) is 0 Å². The molecule has 1 aliphatic carbocycles. The summed E-state index contributed by atoms with van der Waals surface area (Å²) in [5.41, 5.74) is 2.41. The molecule has 1 saturated carbocycles. The molecule has 2 aliphatic heterocycles. The number of esters is 2. The van der Waals surface area contributed by atoms with Gasteiger partial charge in [-0.05, 0) is 23.6 Å². The van der Waals surface area contributed by atoms with Gasteiger partial charge in [-0.1, -0.05) is 48.5 Å². The Morgan fingerprint density at radius 3 is 2.44 bits per heavy atom. The van der Waals surface area contributed by atoms with Gasteiger partial charge in [0.05, 0.1) is 20.3 Å². The predicted octanol–water partition coefficient (Wildman–Crippen LogP) is 2.30. The Hall–Kier alpha value is -3.19. The monoisotopic (exact) mass is 434 g/mol. The molecule has 1 saturated heterocycles. The molecular weight excluding hydrogens is 408 g/mol. The maximum Gasteiger partial charge on any atom is 0.323 e. The van der Waals surface area contributed by atoms with Crippen LogP contribution < -0.4 is 5.32 Å². The molecule has 7 heteroatoms. The molecule has 0 aromatic heterocycles. The topological polar surface area (TPSA) is 84.9 Å². The van der Waals surface area contributed by atoms with E-state index in [1.165, 1.54) is 14.2 Å². The minimum absolute atomic E-state index is 0.161. The first-order valence-corrected chi connectivity index (χ1v) is 10.9. The van der Waals surface area contributed by atoms with E-state index in [-0.39, 0.29) is 24.2 Å². The molecule has 0 unspecified atom stereocenters. The minimum Gasteiger partial charge on any atom is -0.468 e. The van der Waals surface area contributed by atoms with E-state index in [2.05, 4.69) is 10.2 Å². The molecule has 32 heavy (non-hydrogen) atoms. The summed E-state index contributed by atoms with van der Waals surface area (Å²) in [5.74, 6) is -1.94. The van der Waals surface area contributed by atoms with Gasteiger partial charge in [-0.3, -0.25) is 19.3 Å². The van der Waals surface area contributed by atoms with Crippen LogP contribution in [0.15, 0.2) is 54.6 Å². The number of nitrogens with zero attached hydrogens (tertiary/aromatic N) is 1. The molecule has 5 rings (SSSR count). The lowest BCUT2D eigenvalue weighted by atomic mass is 9.60. The number of para-hydroxylation sites is 1. The van der Waals surface area contributed by atoms with E-state index < -0.39 is 29.4 Å². The molecule has 0 bridgehead atoms. The predicted molar refractivity (Wildman–Crippen MR) is 117 cm³/mol. The van der Waals surface area contributed by atoms with Gasteiger partial charge >= 0.3 is 11.9 Å². The summed E-state index contributed by atoms with van der Waals surface area (Å²) in [6.07, 6.45) is 0.638. The Morgan fingerprint density at radius 2 is 1.72 bits per heavy atom. The zero-order chi connectivity index (χ0) is 22.5. The molecule has 2 heterocycles. The number of carbonyl (C=O) groups excluding carboxylic acids is 3. The zero-order valence-corrected chi connectivity index (χ0v) is 18.1. The summed E-state index contributed by atoms with van der Waals surface area (Å²) in [7, 11) is 2.70. The van der Waals surface area contributed by atoms with Crippen LogP contribution in [-0.4, -0.2) is 55.0 Å². The van der Waals surface area contributed by atoms with Crippen molar-refractivity contribution in [3.63, 3.8) is 0 Å². The van der Waals surface area contributed by atoms with Crippen LogP contribution in [0.3, 0.4) is 0 Å². The van der Waals surface area contributed by atoms with Gasteiger partial charge in [0.25, 0.3) is 0 Å². The lowest BCUT2D eigenvalue weighted by Gasteiger charge is -2.45. The number of rotatable bonds is 4. The van der Waals surface area contributed by atoms with Gasteiger partial charge in [0.2, 0.25) is 0 Å². The smallest absolute Gasteiger partial charge is 0.323 e. The molecular formula is C25H26N2O5. The Kier molecular flexibility index (Phi) is 5.01. The van der Waals surface area contributed by atoms with Crippen LogP contribution in [0.25, 0.3) is 0 Å². The molecule has 7 nitrogen and oxygen atoms in total. The zero-order valence-electron chi connectivity index (χ0n) is 18.1. The fourth-order valence-electron chi connectivity index (χ4n) is 6.14. The number of fused-ring (bicyclic) bond motifs is 1. The quantitative estimate of drug-likeness (QED) is 0.584. The van der Waals surface area contributed by atoms with Crippen molar-refractivity contribution in [1.82, 2.24) is 4.90 Å². The number of benzene rings is 2. The average Bonchev–Trinajstić information content (AvgIpc) is 3.32. The molecule has 5 atom stereocenters. The van der Waals surface area contributed by atoms with Crippen molar-refractivity contribution in [3.8, 4) is 0 Å². The molecule has 1 N–H and O–H groups in total. The first kappa shape index (κ1) is 20.7. The standard InChI is InChI=1S/C25H26N2O5/c1-31-23(29)18-13-25-16-10-6-7-11-17(16)26-22(25)21(24(30)32-2)19(28)12-20(25)27(18)14-15-8-4-3-5-9-15/h3-11,18,20-22,26H,12-14H2,1-2H3/t18-,20-,21-,22-,25+/m1/s1. The van der Waals surface area contributed by atoms with Gasteiger partial charge in [0.1, 0.15) is 12.0 Å². The number of Topliss-reactive ketones (excluding diaryl/α,β-unsaturated/α-hetero) is 1. The van der Waals surface area contributed by atoms with Crippen LogP contribution in [0.5, 0.6) is 0 Å². The summed E-state index contributed by atoms with van der Waals surface area (Å²) in [6.45, 7) is 0.512. The van der Waals surface area contributed by atoms with Crippen LogP contribution in [0.2, 0.25) is 0 Å². The number of anilines is 1. The highest BCUT2D eigenvalue weighted by molar-refractivity contribution is 6.03. The number of hydrogen-bond donors (Lipinski definition) is 1. The van der Waals surface area contributed by atoms with Crippen molar-refractivity contribution in [2.75, 3.05) is 19.5 Å². The largest absolute Gasteiger partial charge is 0.468 e. The van der Waals surface area contributed by atoms with E-state index in [1.807, 2.05) is 54.6 Å². The third kappa shape index (κ3) is 2.88. The molecule has 2 fully saturated rings. The van der Waals surface area contributed by atoms with Crippen molar-refractivity contribution in [3.05, 3.63) is 65.7 Å². The first-order valence-electron chi connectivity index (χ1n) is 10.9. The summed E-state index contributed by atoms with van der Waals surface area (Å²) >= 11 is 0. The number of methoxy groups -OCH3 is 2. The number of carbonyl (C=O) groups is 3. The lowest BCUT2D eigenvalue weighted by molar-refractivity contribution is -0.154. The van der Waals surface area contributed by atoms with Gasteiger partial charge in [-0.25, -0.2) is 0 Å². The number of nitrogens with one attached hydrogen (secondary N) is 1. The van der Waals surface area contributed by atoms with E-state index in [0.717, 1.165) is 16.8 Å². The molecule has 2 aromatic rings. The molecule has 166 valence electrons. The fraction of sp³-hybridized carbons (Fsp3) is 0.400. The van der Waals surface area contributed by atoms with Crippen LogP contribution in [0.4, 0.5) is 5.69 Å². The van der Waals surface area contributed by atoms with Crippen LogP contribution >= 0.6 is 0 Å². The second-order valence-corrected chi connectivity index (χ2v) is 8.80. The Balaban J connectivity index is 1.66. The third-order valence-electron chi connectivity index (χ3n) is 7.43. The summed E-state index contributed by atoms with van der Waals surface area (Å²) in [6, 6.07) is 16.5. The minimum atomic E-state index is -0.918. The summed E-state index contributed by atoms with van der Waals surface area (Å²) < 4.78 is 10.2. The Morgan fingerprint density at radius 1 is 1.03 bits per heavy atom. The van der Waals surface area contributed by atoms with Gasteiger partial charge < -0.3 is 14.8 Å². The van der Waals surface area contributed by atoms with Crippen molar-refractivity contribution < 1.29 is 23.9 Å². The van der Waals surface area contributed by atoms with E-state index in [9.17, 15) is 14.4 Å². The van der Waals surface area contributed by atoms with E-state index in [0.29, 0.717) is 13.0 Å². The van der Waals surface area contributed by atoms with Gasteiger partial charge in [-0.2, -0.15) is 0 Å². The second kappa shape index (κ2) is 7.74. The highest BCUT2D eigenvalue weighted by atomic mass is 16.5. The van der Waals surface area contributed by atoms with Crippen LogP contribution in [-0.2, 0) is 35.8 Å². The number of hydrogen-bond acceptors (Lipinski definition) is 7. The second-order valence-electron chi connectivity index (χ2n) is 8.80. The third-order valence-corrected chi connectivity index (χ3v) is 7.43. The molecule has 1 spiro atoms. The molecule has 3 aliphatic rings. The highest BCUT2D eigenvalue weighted by Crippen LogP contribution is 2.58. The van der Waals surface area contributed by atoms with Crippen LogP contribution in [0.1, 0.15) is 24.0 Å². The Labute approximate surface area is 186 Å². The van der Waals surface area contributed by atoms with Crippen molar-refractivity contribution in [2.24, 2.45) is 5.92 Å². The first-order chi connectivity index (χ1) is 15.5. The van der Waals surface area contributed by atoms with Gasteiger partial charge in [0, 0.05) is 30.1 Å². The maximum atomic E-state index is 13.3. The molecule has 0 amide bonds. The highest BCUT2D eigenvalue weighted by Gasteiger charge is 2.68. The van der Waals surface area contributed by atoms with E-state index in [1.54, 1.807) is 0 Å². The average molecular weight is 434 g/mol. The summed E-state index contributed by atoms with van der Waals surface area (Å²) in [5, 5.41) is 3.46. The maximum absolute atomic E-state index is 13.3. The van der Waals surface area contributed by atoms with Crippen molar-refractivity contribution in [1.29, 1.82) is 0 Å². The lowest BCUT2D eigenvalue weighted by Crippen LogP contribution is -2.61. The summed E-state index contributed by atoms with van der Waals surface area (Å²) in [4.78, 5) is 41.0. The molecule has 0 radical (unpaired) electrons.